The maximum absolute atomic E-state index is 13.3. The number of rotatable bonds is 3. The number of benzene rings is 1. The first-order valence-electron chi connectivity index (χ1n) is 9.22. The van der Waals surface area contributed by atoms with E-state index in [9.17, 15) is 9.18 Å². The van der Waals surface area contributed by atoms with Crippen molar-refractivity contribution in [1.29, 1.82) is 0 Å². The summed E-state index contributed by atoms with van der Waals surface area (Å²) >= 11 is 0. The van der Waals surface area contributed by atoms with Gasteiger partial charge in [0.05, 0.1) is 12.2 Å². The summed E-state index contributed by atoms with van der Waals surface area (Å²) in [7, 11) is 1.72. The Morgan fingerprint density at radius 1 is 1.14 bits per heavy atom. The van der Waals surface area contributed by atoms with E-state index in [4.69, 9.17) is 9.72 Å². The highest BCUT2D eigenvalue weighted by Gasteiger charge is 2.23. The van der Waals surface area contributed by atoms with Crippen molar-refractivity contribution in [2.24, 2.45) is 7.05 Å². The van der Waals surface area contributed by atoms with Gasteiger partial charge in [-0.2, -0.15) is 0 Å². The highest BCUT2D eigenvalue weighted by atomic mass is 19.1. The summed E-state index contributed by atoms with van der Waals surface area (Å²) < 4.78 is 20.8. The smallest absolute Gasteiger partial charge is 0.255 e. The number of ether oxygens (including phenoxy) is 1. The number of halogens is 1. The molecule has 1 fully saturated rings. The Morgan fingerprint density at radius 2 is 1.89 bits per heavy atom. The summed E-state index contributed by atoms with van der Waals surface area (Å²) in [5.74, 6) is 0.320. The van der Waals surface area contributed by atoms with E-state index in [0.29, 0.717) is 24.8 Å². The summed E-state index contributed by atoms with van der Waals surface area (Å²) in [4.78, 5) is 23.4. The predicted molar refractivity (Wildman–Crippen MR) is 105 cm³/mol. The molecule has 28 heavy (non-hydrogen) atoms. The largest absolute Gasteiger partial charge is 0.372 e. The molecule has 6 nitrogen and oxygen atoms in total. The van der Waals surface area contributed by atoms with Crippen LogP contribution in [0.1, 0.15) is 18.1 Å². The predicted octanol–water partition coefficient (Wildman–Crippen LogP) is 2.95. The Bertz CT molecular complexity index is 1010. The van der Waals surface area contributed by atoms with Crippen LogP contribution in [0.3, 0.4) is 0 Å². The summed E-state index contributed by atoms with van der Waals surface area (Å²) in [5, 5.41) is 0. The van der Waals surface area contributed by atoms with Crippen molar-refractivity contribution in [3.63, 3.8) is 0 Å². The lowest BCUT2D eigenvalue weighted by molar-refractivity contribution is 0.0685. The number of hydrogen-bond acceptors (Lipinski definition) is 5. The lowest BCUT2D eigenvalue weighted by Crippen LogP contribution is -2.34. The topological polar surface area (TPSA) is 60.2 Å². The first kappa shape index (κ1) is 18.3. The van der Waals surface area contributed by atoms with Gasteiger partial charge in [-0.25, -0.2) is 9.37 Å². The van der Waals surface area contributed by atoms with Gasteiger partial charge in [-0.15, -0.1) is 0 Å². The Morgan fingerprint density at radius 3 is 2.64 bits per heavy atom. The summed E-state index contributed by atoms with van der Waals surface area (Å²) in [5.41, 5.74) is 2.24. The first-order chi connectivity index (χ1) is 13.6. The van der Waals surface area contributed by atoms with E-state index in [-0.39, 0.29) is 17.5 Å². The van der Waals surface area contributed by atoms with Crippen molar-refractivity contribution in [1.82, 2.24) is 14.5 Å². The van der Waals surface area contributed by atoms with Gasteiger partial charge < -0.3 is 9.64 Å². The minimum Gasteiger partial charge on any atom is -0.372 e. The molecule has 4 rings (SSSR count). The van der Waals surface area contributed by atoms with Gasteiger partial charge in [0, 0.05) is 44.2 Å². The molecule has 0 spiro atoms. The van der Waals surface area contributed by atoms with Crippen LogP contribution in [0.25, 0.3) is 11.3 Å². The van der Waals surface area contributed by atoms with Crippen LogP contribution in [0.15, 0.2) is 59.7 Å². The molecule has 3 aromatic rings. The molecule has 7 heteroatoms. The molecule has 0 radical (unpaired) electrons. The monoisotopic (exact) mass is 380 g/mol. The van der Waals surface area contributed by atoms with Crippen LogP contribution in [-0.4, -0.2) is 34.2 Å². The normalized spacial score (nSPS) is 17.4. The van der Waals surface area contributed by atoms with Crippen LogP contribution in [0.2, 0.25) is 0 Å². The minimum atomic E-state index is -0.275. The van der Waals surface area contributed by atoms with Crippen molar-refractivity contribution in [3.05, 3.63) is 76.6 Å². The van der Waals surface area contributed by atoms with Gasteiger partial charge in [-0.05, 0) is 36.2 Å². The van der Waals surface area contributed by atoms with Crippen molar-refractivity contribution >= 4 is 5.95 Å². The number of hydrogen-bond donors (Lipinski definition) is 0. The number of nitrogens with zero attached hydrogens (tertiary/aromatic N) is 4. The van der Waals surface area contributed by atoms with Gasteiger partial charge in [-0.3, -0.25) is 14.3 Å². The fourth-order valence-electron chi connectivity index (χ4n) is 3.37. The minimum absolute atomic E-state index is 0.125. The third-order valence-corrected chi connectivity index (χ3v) is 4.89. The Hall–Kier alpha value is -3.06. The zero-order chi connectivity index (χ0) is 19.5. The average Bonchev–Trinajstić information content (AvgIpc) is 2.97. The van der Waals surface area contributed by atoms with Crippen molar-refractivity contribution in [2.45, 2.75) is 12.5 Å². The second kappa shape index (κ2) is 7.90. The lowest BCUT2D eigenvalue weighted by atomic mass is 10.1. The fourth-order valence-corrected chi connectivity index (χ4v) is 3.37. The zero-order valence-electron chi connectivity index (χ0n) is 15.6. The average molecular weight is 380 g/mol. The standard InChI is InChI=1S/C21H21FN4O2/c1-25-20(27)13-18(15-7-9-23-10-8-15)24-21(25)26-11-2-12-28-19(14-26)16-3-5-17(22)6-4-16/h3-10,13,19H,2,11-12,14H2,1H3/t19-/m1/s1. The van der Waals surface area contributed by atoms with Gasteiger partial charge >= 0.3 is 0 Å². The first-order valence-corrected chi connectivity index (χ1v) is 9.22. The molecule has 144 valence electrons. The molecule has 1 aliphatic rings. The molecular weight excluding hydrogens is 359 g/mol. The molecule has 0 saturated carbocycles. The van der Waals surface area contributed by atoms with Crippen LogP contribution >= 0.6 is 0 Å². The van der Waals surface area contributed by atoms with Crippen molar-refractivity contribution in [2.75, 3.05) is 24.6 Å². The third kappa shape index (κ3) is 3.80. The van der Waals surface area contributed by atoms with Crippen LogP contribution < -0.4 is 10.5 Å². The van der Waals surface area contributed by atoms with Gasteiger partial charge in [0.1, 0.15) is 11.9 Å². The van der Waals surface area contributed by atoms with Crippen molar-refractivity contribution in [3.8, 4) is 11.3 Å². The molecule has 1 aliphatic heterocycles. The highest BCUT2D eigenvalue weighted by Crippen LogP contribution is 2.25. The molecule has 0 bridgehead atoms. The summed E-state index contributed by atoms with van der Waals surface area (Å²) in [6, 6.07) is 11.5. The second-order valence-electron chi connectivity index (χ2n) is 6.79. The molecule has 1 aromatic carbocycles. The highest BCUT2D eigenvalue weighted by molar-refractivity contribution is 5.59. The Labute approximate surface area is 162 Å². The maximum atomic E-state index is 13.3. The van der Waals surface area contributed by atoms with Gasteiger partial charge in [0.15, 0.2) is 0 Å². The lowest BCUT2D eigenvalue weighted by Gasteiger charge is -2.26. The molecule has 1 atom stereocenters. The van der Waals surface area contributed by atoms with Crippen LogP contribution in [-0.2, 0) is 11.8 Å². The van der Waals surface area contributed by atoms with Gasteiger partial charge in [-0.1, -0.05) is 12.1 Å². The van der Waals surface area contributed by atoms with Crippen molar-refractivity contribution < 1.29 is 9.13 Å². The zero-order valence-corrected chi connectivity index (χ0v) is 15.6. The van der Waals surface area contributed by atoms with Crippen LogP contribution in [0, 0.1) is 5.82 Å². The van der Waals surface area contributed by atoms with E-state index < -0.39 is 0 Å². The quantitative estimate of drug-likeness (QED) is 0.699. The van der Waals surface area contributed by atoms with E-state index in [1.54, 1.807) is 36.1 Å². The molecule has 0 unspecified atom stereocenters. The number of anilines is 1. The van der Waals surface area contributed by atoms with Crippen LogP contribution in [0.4, 0.5) is 10.3 Å². The molecule has 0 aliphatic carbocycles. The van der Waals surface area contributed by atoms with E-state index >= 15 is 0 Å². The molecule has 0 N–H and O–H groups in total. The Balaban J connectivity index is 1.69. The Kier molecular flexibility index (Phi) is 5.16. The molecule has 3 heterocycles. The summed E-state index contributed by atoms with van der Waals surface area (Å²) in [6.07, 6.45) is 3.95. The number of pyridine rings is 1. The molecule has 2 aromatic heterocycles. The number of aromatic nitrogens is 3. The molecule has 1 saturated heterocycles. The van der Waals surface area contributed by atoms with Gasteiger partial charge in [0.25, 0.3) is 5.56 Å². The van der Waals surface area contributed by atoms with E-state index in [1.807, 2.05) is 12.1 Å². The van der Waals surface area contributed by atoms with Gasteiger partial charge in [0.2, 0.25) is 5.95 Å². The van der Waals surface area contributed by atoms with E-state index in [2.05, 4.69) is 9.88 Å². The third-order valence-electron chi connectivity index (χ3n) is 4.89. The SMILES string of the molecule is Cn1c(N2CCCO[C@@H](c3ccc(F)cc3)C2)nc(-c2ccncc2)cc1=O. The van der Waals surface area contributed by atoms with E-state index in [1.165, 1.54) is 18.2 Å². The van der Waals surface area contributed by atoms with E-state index in [0.717, 1.165) is 24.1 Å². The summed E-state index contributed by atoms with van der Waals surface area (Å²) in [6.45, 7) is 1.85. The molecular formula is C21H21FN4O2. The van der Waals surface area contributed by atoms with Crippen LogP contribution in [0.5, 0.6) is 0 Å². The molecule has 0 amide bonds. The maximum Gasteiger partial charge on any atom is 0.255 e. The fraction of sp³-hybridized carbons (Fsp3) is 0.286. The second-order valence-corrected chi connectivity index (χ2v) is 6.79.